The number of piperazine rings is 1. The lowest BCUT2D eigenvalue weighted by Crippen LogP contribution is -2.50. The number of anilines is 3. The normalized spacial score (nSPS) is 17.1. The van der Waals surface area contributed by atoms with Gasteiger partial charge in [-0.15, -0.1) is 0 Å². The molecule has 2 aromatic heterocycles. The second-order valence-electron chi connectivity index (χ2n) is 7.65. The molecule has 0 amide bonds. The van der Waals surface area contributed by atoms with E-state index in [0.717, 1.165) is 30.8 Å². The third-order valence-electron chi connectivity index (χ3n) is 5.48. The maximum absolute atomic E-state index is 5.96. The highest BCUT2D eigenvalue weighted by molar-refractivity contribution is 5.64. The number of nitrogen functional groups attached to an aromatic ring is 2. The standard InChI is InChI=1S/C22H27N7O/c1-15-13-29(10-9-28(15)2)18-5-3-17(4-6-18)19-12-26-21(24)22(27-19)30-14-16-7-8-25-20(23)11-16/h3-8,11-12,15H,9-10,13-14H2,1-2H3,(H2,23,25)(H2,24,26). The summed E-state index contributed by atoms with van der Waals surface area (Å²) in [6.45, 7) is 5.66. The van der Waals surface area contributed by atoms with E-state index in [-0.39, 0.29) is 12.4 Å². The Morgan fingerprint density at radius 3 is 2.63 bits per heavy atom. The van der Waals surface area contributed by atoms with Crippen LogP contribution in [-0.2, 0) is 6.61 Å². The molecule has 0 spiro atoms. The molecule has 1 aromatic carbocycles. The zero-order valence-corrected chi connectivity index (χ0v) is 17.3. The van der Waals surface area contributed by atoms with Crippen LogP contribution in [0.2, 0.25) is 0 Å². The molecule has 1 aliphatic heterocycles. The van der Waals surface area contributed by atoms with Crippen LogP contribution in [0.15, 0.2) is 48.8 Å². The molecule has 1 aliphatic rings. The van der Waals surface area contributed by atoms with E-state index in [1.165, 1.54) is 5.69 Å². The van der Waals surface area contributed by atoms with E-state index < -0.39 is 0 Å². The zero-order valence-electron chi connectivity index (χ0n) is 17.3. The number of hydrogen-bond donors (Lipinski definition) is 2. The maximum atomic E-state index is 5.96. The van der Waals surface area contributed by atoms with Gasteiger partial charge in [-0.3, -0.25) is 0 Å². The summed E-state index contributed by atoms with van der Waals surface area (Å²) in [6.07, 6.45) is 3.31. The lowest BCUT2D eigenvalue weighted by atomic mass is 10.1. The molecule has 4 rings (SSSR count). The molecule has 30 heavy (non-hydrogen) atoms. The Hall–Kier alpha value is -3.39. The topological polar surface area (TPSA) is 106 Å². The predicted octanol–water partition coefficient (Wildman–Crippen LogP) is 2.42. The minimum Gasteiger partial charge on any atom is -0.470 e. The Morgan fingerprint density at radius 1 is 1.10 bits per heavy atom. The van der Waals surface area contributed by atoms with Crippen molar-refractivity contribution in [2.75, 3.05) is 43.0 Å². The first kappa shape index (κ1) is 19.9. The molecule has 4 N–H and O–H groups in total. The van der Waals surface area contributed by atoms with Crippen molar-refractivity contribution in [3.63, 3.8) is 0 Å². The molecule has 1 fully saturated rings. The van der Waals surface area contributed by atoms with Crippen LogP contribution in [-0.4, -0.2) is 52.6 Å². The van der Waals surface area contributed by atoms with Crippen molar-refractivity contribution in [3.8, 4) is 17.1 Å². The Kier molecular flexibility index (Phi) is 5.67. The first-order valence-electron chi connectivity index (χ1n) is 10.0. The van der Waals surface area contributed by atoms with Crippen molar-refractivity contribution in [3.05, 3.63) is 54.4 Å². The number of benzene rings is 1. The number of likely N-dealkylation sites (N-methyl/N-ethyl adjacent to an activating group) is 1. The first-order valence-corrected chi connectivity index (χ1v) is 10.0. The summed E-state index contributed by atoms with van der Waals surface area (Å²) in [5, 5.41) is 0. The van der Waals surface area contributed by atoms with Gasteiger partial charge in [-0.25, -0.2) is 15.0 Å². The summed E-state index contributed by atoms with van der Waals surface area (Å²) >= 11 is 0. The maximum Gasteiger partial charge on any atom is 0.258 e. The minimum atomic E-state index is 0.254. The number of hydrogen-bond acceptors (Lipinski definition) is 8. The first-order chi connectivity index (χ1) is 14.5. The summed E-state index contributed by atoms with van der Waals surface area (Å²) in [7, 11) is 2.17. The van der Waals surface area contributed by atoms with Gasteiger partial charge in [0.15, 0.2) is 5.82 Å². The van der Waals surface area contributed by atoms with Crippen LogP contribution in [0, 0.1) is 0 Å². The number of ether oxygens (including phenoxy) is 1. The molecule has 0 aliphatic carbocycles. The number of pyridine rings is 1. The van der Waals surface area contributed by atoms with Crippen LogP contribution in [0.25, 0.3) is 11.3 Å². The van der Waals surface area contributed by atoms with Crippen molar-refractivity contribution >= 4 is 17.3 Å². The van der Waals surface area contributed by atoms with Gasteiger partial charge >= 0.3 is 0 Å². The highest BCUT2D eigenvalue weighted by atomic mass is 16.5. The number of nitrogens with zero attached hydrogens (tertiary/aromatic N) is 5. The molecule has 1 atom stereocenters. The fourth-order valence-corrected chi connectivity index (χ4v) is 3.49. The van der Waals surface area contributed by atoms with Gasteiger partial charge in [0.2, 0.25) is 0 Å². The molecular formula is C22H27N7O. The third kappa shape index (κ3) is 4.44. The van der Waals surface area contributed by atoms with E-state index in [0.29, 0.717) is 23.4 Å². The fraction of sp³-hybridized carbons (Fsp3) is 0.318. The molecule has 3 heterocycles. The van der Waals surface area contributed by atoms with E-state index in [1.54, 1.807) is 18.5 Å². The zero-order chi connectivity index (χ0) is 21.1. The highest BCUT2D eigenvalue weighted by Crippen LogP contribution is 2.26. The lowest BCUT2D eigenvalue weighted by molar-refractivity contribution is 0.234. The van der Waals surface area contributed by atoms with Gasteiger partial charge in [-0.05, 0) is 43.8 Å². The summed E-state index contributed by atoms with van der Waals surface area (Å²) in [5.74, 6) is 1.00. The number of nitrogens with two attached hydrogens (primary N) is 2. The SMILES string of the molecule is CC1CN(c2ccc(-c3cnc(N)c(OCc4ccnc(N)c4)n3)cc2)CCN1C. The third-order valence-corrected chi connectivity index (χ3v) is 5.48. The molecule has 156 valence electrons. The van der Waals surface area contributed by atoms with Crippen LogP contribution < -0.4 is 21.1 Å². The van der Waals surface area contributed by atoms with E-state index in [4.69, 9.17) is 16.2 Å². The van der Waals surface area contributed by atoms with Crippen molar-refractivity contribution in [2.24, 2.45) is 0 Å². The van der Waals surface area contributed by atoms with Crippen LogP contribution in [0.3, 0.4) is 0 Å². The minimum absolute atomic E-state index is 0.254. The fourth-order valence-electron chi connectivity index (χ4n) is 3.49. The molecule has 3 aromatic rings. The quantitative estimate of drug-likeness (QED) is 0.667. The van der Waals surface area contributed by atoms with Crippen molar-refractivity contribution in [2.45, 2.75) is 19.6 Å². The second-order valence-corrected chi connectivity index (χ2v) is 7.65. The van der Waals surface area contributed by atoms with Gasteiger partial charge in [0.1, 0.15) is 12.4 Å². The largest absolute Gasteiger partial charge is 0.470 e. The predicted molar refractivity (Wildman–Crippen MR) is 119 cm³/mol. The van der Waals surface area contributed by atoms with Gasteiger partial charge in [-0.1, -0.05) is 12.1 Å². The summed E-state index contributed by atoms with van der Waals surface area (Å²) in [4.78, 5) is 17.6. The Balaban J connectivity index is 1.48. The second kappa shape index (κ2) is 8.54. The van der Waals surface area contributed by atoms with Crippen LogP contribution in [0.4, 0.5) is 17.3 Å². The Morgan fingerprint density at radius 2 is 1.90 bits per heavy atom. The highest BCUT2D eigenvalue weighted by Gasteiger charge is 2.20. The molecule has 8 nitrogen and oxygen atoms in total. The Labute approximate surface area is 176 Å². The van der Waals surface area contributed by atoms with E-state index in [1.807, 2.05) is 6.07 Å². The van der Waals surface area contributed by atoms with Crippen LogP contribution >= 0.6 is 0 Å². The van der Waals surface area contributed by atoms with E-state index in [9.17, 15) is 0 Å². The van der Waals surface area contributed by atoms with Crippen molar-refractivity contribution < 1.29 is 4.74 Å². The summed E-state index contributed by atoms with van der Waals surface area (Å²) in [5.41, 5.74) is 15.5. The summed E-state index contributed by atoms with van der Waals surface area (Å²) < 4.78 is 5.79. The van der Waals surface area contributed by atoms with Gasteiger partial charge in [0, 0.05) is 43.1 Å². The number of rotatable bonds is 5. The van der Waals surface area contributed by atoms with Crippen molar-refractivity contribution in [1.82, 2.24) is 19.9 Å². The molecule has 0 saturated carbocycles. The summed E-state index contributed by atoms with van der Waals surface area (Å²) in [6, 6.07) is 12.5. The molecule has 1 saturated heterocycles. The molecule has 0 bridgehead atoms. The van der Waals surface area contributed by atoms with Gasteiger partial charge in [0.05, 0.1) is 11.9 Å². The number of aromatic nitrogens is 3. The Bertz CT molecular complexity index is 1010. The van der Waals surface area contributed by atoms with Gasteiger partial charge in [0.25, 0.3) is 5.88 Å². The van der Waals surface area contributed by atoms with E-state index >= 15 is 0 Å². The average Bonchev–Trinajstić information content (AvgIpc) is 2.75. The monoisotopic (exact) mass is 405 g/mol. The molecule has 1 unspecified atom stereocenters. The lowest BCUT2D eigenvalue weighted by Gasteiger charge is -2.39. The van der Waals surface area contributed by atoms with Gasteiger partial charge in [-0.2, -0.15) is 0 Å². The van der Waals surface area contributed by atoms with Crippen LogP contribution in [0.1, 0.15) is 12.5 Å². The van der Waals surface area contributed by atoms with Gasteiger partial charge < -0.3 is 26.0 Å². The van der Waals surface area contributed by atoms with Crippen molar-refractivity contribution in [1.29, 1.82) is 0 Å². The molecule has 8 heteroatoms. The average molecular weight is 406 g/mol. The smallest absolute Gasteiger partial charge is 0.258 e. The molecular weight excluding hydrogens is 378 g/mol. The molecule has 0 radical (unpaired) electrons. The van der Waals surface area contributed by atoms with Crippen LogP contribution in [0.5, 0.6) is 5.88 Å². The van der Waals surface area contributed by atoms with E-state index in [2.05, 4.69) is 63.0 Å².